The van der Waals surface area contributed by atoms with Crippen LogP contribution in [0.15, 0.2) is 35.2 Å². The van der Waals surface area contributed by atoms with Crippen molar-refractivity contribution in [1.82, 2.24) is 14.7 Å². The van der Waals surface area contributed by atoms with Gasteiger partial charge >= 0.3 is 6.03 Å². The van der Waals surface area contributed by atoms with Gasteiger partial charge in [0, 0.05) is 11.5 Å². The molecule has 0 atom stereocenters. The number of rotatable bonds is 7. The Morgan fingerprint density at radius 1 is 1.07 bits per heavy atom. The zero-order chi connectivity index (χ0) is 20.3. The Morgan fingerprint density at radius 2 is 1.68 bits per heavy atom. The normalized spacial score (nSPS) is 13.5. The van der Waals surface area contributed by atoms with Gasteiger partial charge < -0.3 is 9.47 Å². The van der Waals surface area contributed by atoms with Crippen LogP contribution in [0.25, 0.3) is 0 Å². The van der Waals surface area contributed by atoms with Crippen LogP contribution < -0.4 is 19.5 Å². The van der Waals surface area contributed by atoms with Crippen LogP contribution in [0, 0.1) is 5.92 Å². The maximum absolute atomic E-state index is 12.6. The number of aromatic nitrogens is 2. The minimum atomic E-state index is -4.29. The van der Waals surface area contributed by atoms with Crippen LogP contribution in [-0.4, -0.2) is 44.4 Å². The molecule has 2 N–H and O–H groups in total. The van der Waals surface area contributed by atoms with E-state index in [1.807, 2.05) is 4.72 Å². The summed E-state index contributed by atoms with van der Waals surface area (Å²) in [6.07, 6.45) is 1.46. The van der Waals surface area contributed by atoms with E-state index in [2.05, 4.69) is 15.3 Å². The standard InChI is InChI=1S/C17H18N4O6S/c1-26-13-9-14(27-2)19-16(18-13)20-17(23)21-28(24,25)12-6-4-3-5-11(12)15(22)10-7-8-10/h3-6,9-10H,7-8H2,1-2H3,(H2,18,19,20,21,23). The number of hydrogen-bond acceptors (Lipinski definition) is 8. The van der Waals surface area contributed by atoms with Crippen molar-refractivity contribution < 1.29 is 27.5 Å². The number of urea groups is 1. The third-order valence-corrected chi connectivity index (χ3v) is 5.33. The molecule has 1 fully saturated rings. The fraction of sp³-hybridized carbons (Fsp3) is 0.294. The lowest BCUT2D eigenvalue weighted by atomic mass is 10.1. The Kier molecular flexibility index (Phi) is 5.45. The molecule has 1 aromatic heterocycles. The van der Waals surface area contributed by atoms with Crippen molar-refractivity contribution in [2.45, 2.75) is 17.7 Å². The summed E-state index contributed by atoms with van der Waals surface area (Å²) in [5.74, 6) is -0.396. The summed E-state index contributed by atoms with van der Waals surface area (Å²) in [5.41, 5.74) is 0.0598. The number of methoxy groups -OCH3 is 2. The molecule has 1 aromatic carbocycles. The fourth-order valence-electron chi connectivity index (χ4n) is 2.44. The monoisotopic (exact) mass is 406 g/mol. The smallest absolute Gasteiger partial charge is 0.335 e. The summed E-state index contributed by atoms with van der Waals surface area (Å²) in [5, 5.41) is 2.20. The summed E-state index contributed by atoms with van der Waals surface area (Å²) in [4.78, 5) is 32.0. The highest BCUT2D eigenvalue weighted by molar-refractivity contribution is 7.90. The van der Waals surface area contributed by atoms with E-state index in [9.17, 15) is 18.0 Å². The average molecular weight is 406 g/mol. The maximum atomic E-state index is 12.6. The van der Waals surface area contributed by atoms with Crippen LogP contribution in [0.3, 0.4) is 0 Å². The van der Waals surface area contributed by atoms with Gasteiger partial charge in [0.1, 0.15) is 0 Å². The van der Waals surface area contributed by atoms with E-state index in [0.29, 0.717) is 0 Å². The largest absolute Gasteiger partial charge is 0.481 e. The molecule has 0 aliphatic heterocycles. The Hall–Kier alpha value is -3.21. The lowest BCUT2D eigenvalue weighted by Crippen LogP contribution is -2.35. The molecule has 0 saturated heterocycles. The van der Waals surface area contributed by atoms with Crippen molar-refractivity contribution in [1.29, 1.82) is 0 Å². The van der Waals surface area contributed by atoms with Gasteiger partial charge in [0.15, 0.2) is 5.78 Å². The topological polar surface area (TPSA) is 137 Å². The second kappa shape index (κ2) is 7.80. The zero-order valence-electron chi connectivity index (χ0n) is 15.1. The highest BCUT2D eigenvalue weighted by Crippen LogP contribution is 2.34. The highest BCUT2D eigenvalue weighted by Gasteiger charge is 2.34. The molecule has 1 saturated carbocycles. The van der Waals surface area contributed by atoms with Gasteiger partial charge in [0.25, 0.3) is 10.0 Å². The van der Waals surface area contributed by atoms with Crippen molar-refractivity contribution in [3.05, 3.63) is 35.9 Å². The number of carbonyl (C=O) groups excluding carboxylic acids is 2. The Labute approximate surface area is 161 Å². The molecular weight excluding hydrogens is 388 g/mol. The van der Waals surface area contributed by atoms with Gasteiger partial charge in [0.2, 0.25) is 17.7 Å². The first-order valence-electron chi connectivity index (χ1n) is 8.28. The van der Waals surface area contributed by atoms with Crippen LogP contribution in [0.1, 0.15) is 23.2 Å². The molecule has 1 aliphatic rings. The second-order valence-electron chi connectivity index (χ2n) is 5.97. The minimum Gasteiger partial charge on any atom is -0.481 e. The van der Waals surface area contributed by atoms with E-state index in [0.717, 1.165) is 12.8 Å². The van der Waals surface area contributed by atoms with E-state index in [-0.39, 0.29) is 39.9 Å². The number of benzene rings is 1. The molecule has 10 nitrogen and oxygen atoms in total. The van der Waals surface area contributed by atoms with E-state index in [1.165, 1.54) is 38.5 Å². The molecule has 0 unspecified atom stereocenters. The van der Waals surface area contributed by atoms with Gasteiger partial charge in [-0.2, -0.15) is 9.97 Å². The highest BCUT2D eigenvalue weighted by atomic mass is 32.2. The molecule has 2 amide bonds. The van der Waals surface area contributed by atoms with E-state index in [1.54, 1.807) is 6.07 Å². The molecule has 1 heterocycles. The lowest BCUT2D eigenvalue weighted by Gasteiger charge is -2.11. The quantitative estimate of drug-likeness (QED) is 0.662. The Balaban J connectivity index is 1.80. The van der Waals surface area contributed by atoms with Gasteiger partial charge in [-0.3, -0.25) is 10.1 Å². The van der Waals surface area contributed by atoms with E-state index >= 15 is 0 Å². The van der Waals surface area contributed by atoms with Crippen molar-refractivity contribution in [3.8, 4) is 11.8 Å². The van der Waals surface area contributed by atoms with Crippen molar-refractivity contribution in [3.63, 3.8) is 0 Å². The van der Waals surface area contributed by atoms with Gasteiger partial charge in [-0.05, 0) is 18.9 Å². The first kappa shape index (κ1) is 19.5. The molecule has 28 heavy (non-hydrogen) atoms. The number of carbonyl (C=O) groups is 2. The maximum Gasteiger partial charge on any atom is 0.335 e. The first-order valence-corrected chi connectivity index (χ1v) is 9.76. The first-order chi connectivity index (χ1) is 13.3. The number of hydrogen-bond donors (Lipinski definition) is 2. The summed E-state index contributed by atoms with van der Waals surface area (Å²) in [6, 6.07) is 6.06. The molecule has 1 aliphatic carbocycles. The predicted octanol–water partition coefficient (Wildman–Crippen LogP) is 1.60. The molecular formula is C17H18N4O6S. The fourth-order valence-corrected chi connectivity index (χ4v) is 3.56. The van der Waals surface area contributed by atoms with Gasteiger partial charge in [-0.15, -0.1) is 0 Å². The van der Waals surface area contributed by atoms with Crippen molar-refractivity contribution in [2.75, 3.05) is 19.5 Å². The number of amides is 2. The van der Waals surface area contributed by atoms with Crippen LogP contribution in [-0.2, 0) is 10.0 Å². The molecule has 0 spiro atoms. The Morgan fingerprint density at radius 3 is 2.25 bits per heavy atom. The van der Waals surface area contributed by atoms with Crippen molar-refractivity contribution >= 4 is 27.8 Å². The molecule has 0 radical (unpaired) electrons. The summed E-state index contributed by atoms with van der Waals surface area (Å²) < 4.78 is 37.0. The lowest BCUT2D eigenvalue weighted by molar-refractivity contribution is 0.0964. The molecule has 148 valence electrons. The number of anilines is 1. The molecule has 0 bridgehead atoms. The molecule has 2 aromatic rings. The number of ether oxygens (including phenoxy) is 2. The van der Waals surface area contributed by atoms with Crippen molar-refractivity contribution in [2.24, 2.45) is 5.92 Å². The van der Waals surface area contributed by atoms with E-state index < -0.39 is 16.1 Å². The number of nitrogens with one attached hydrogen (secondary N) is 2. The SMILES string of the molecule is COc1cc(OC)nc(NC(=O)NS(=O)(=O)c2ccccc2C(=O)C2CC2)n1. The third-order valence-electron chi connectivity index (χ3n) is 3.94. The average Bonchev–Trinajstić information content (AvgIpc) is 3.51. The summed E-state index contributed by atoms with van der Waals surface area (Å²) >= 11 is 0. The van der Waals surface area contributed by atoms with Crippen LogP contribution in [0.4, 0.5) is 10.7 Å². The van der Waals surface area contributed by atoms with Crippen LogP contribution in [0.5, 0.6) is 11.8 Å². The third kappa shape index (κ3) is 4.36. The number of Topliss-reactive ketones (excluding diaryl/α,β-unsaturated/α-hetero) is 1. The number of ketones is 1. The summed E-state index contributed by atoms with van der Waals surface area (Å²) in [6.45, 7) is 0. The van der Waals surface area contributed by atoms with E-state index in [4.69, 9.17) is 9.47 Å². The number of nitrogens with zero attached hydrogens (tertiary/aromatic N) is 2. The Bertz CT molecular complexity index is 998. The predicted molar refractivity (Wildman–Crippen MR) is 98.0 cm³/mol. The molecule has 3 rings (SSSR count). The van der Waals surface area contributed by atoms with Gasteiger partial charge in [-0.1, -0.05) is 18.2 Å². The summed E-state index contributed by atoms with van der Waals surface area (Å²) in [7, 11) is -1.56. The van der Waals surface area contributed by atoms with Crippen LogP contribution >= 0.6 is 0 Å². The van der Waals surface area contributed by atoms with Crippen LogP contribution in [0.2, 0.25) is 0 Å². The van der Waals surface area contributed by atoms with Gasteiger partial charge in [-0.25, -0.2) is 17.9 Å². The molecule has 11 heteroatoms. The second-order valence-corrected chi connectivity index (χ2v) is 7.62. The number of sulfonamides is 1. The van der Waals surface area contributed by atoms with Gasteiger partial charge in [0.05, 0.1) is 25.2 Å². The zero-order valence-corrected chi connectivity index (χ0v) is 15.9. The minimum absolute atomic E-state index is 0.0598.